The van der Waals surface area contributed by atoms with Crippen molar-refractivity contribution in [1.82, 2.24) is 5.32 Å². The highest BCUT2D eigenvalue weighted by Crippen LogP contribution is 2.24. The van der Waals surface area contributed by atoms with Crippen molar-refractivity contribution in [2.24, 2.45) is 10.7 Å². The molecule has 0 aromatic heterocycles. The third-order valence-corrected chi connectivity index (χ3v) is 2.49. The van der Waals surface area contributed by atoms with Crippen LogP contribution in [0.3, 0.4) is 0 Å². The lowest BCUT2D eigenvalue weighted by Crippen LogP contribution is -2.31. The molecule has 1 aromatic carbocycles. The molecule has 0 fully saturated rings. The van der Waals surface area contributed by atoms with E-state index in [1.54, 1.807) is 0 Å². The first kappa shape index (κ1) is 9.71. The minimum absolute atomic E-state index is 0.153. The number of aliphatic imine (C=N–C) groups is 1. The topological polar surface area (TPSA) is 67.5 Å². The molecule has 4 nitrogen and oxygen atoms in total. The highest BCUT2D eigenvalue weighted by atomic mass is 16.2. The van der Waals surface area contributed by atoms with Crippen molar-refractivity contribution >= 4 is 11.9 Å². The van der Waals surface area contributed by atoms with E-state index in [-0.39, 0.29) is 11.9 Å². The first-order valence-electron chi connectivity index (χ1n) is 4.79. The van der Waals surface area contributed by atoms with E-state index >= 15 is 0 Å². The number of amides is 1. The van der Waals surface area contributed by atoms with E-state index in [0.717, 1.165) is 11.1 Å². The number of hydrogen-bond acceptors (Lipinski definition) is 3. The van der Waals surface area contributed by atoms with Crippen LogP contribution in [0.5, 0.6) is 0 Å². The number of nitrogens with one attached hydrogen (secondary N) is 1. The summed E-state index contributed by atoms with van der Waals surface area (Å²) in [4.78, 5) is 15.6. The van der Waals surface area contributed by atoms with Gasteiger partial charge in [-0.3, -0.25) is 10.1 Å². The zero-order chi connectivity index (χ0) is 11.0. The molecule has 0 saturated heterocycles. The summed E-state index contributed by atoms with van der Waals surface area (Å²) >= 11 is 0. The maximum Gasteiger partial charge on any atom is 0.256 e. The summed E-state index contributed by atoms with van der Waals surface area (Å²) in [5, 5.41) is 2.50. The van der Waals surface area contributed by atoms with Crippen LogP contribution in [0, 0.1) is 13.8 Å². The van der Waals surface area contributed by atoms with Crippen LogP contribution in [-0.4, -0.2) is 11.9 Å². The molecule has 0 aliphatic carbocycles. The van der Waals surface area contributed by atoms with Gasteiger partial charge in [-0.2, -0.15) is 0 Å². The zero-order valence-electron chi connectivity index (χ0n) is 8.74. The number of rotatable bonds is 1. The highest BCUT2D eigenvalue weighted by Gasteiger charge is 2.27. The summed E-state index contributed by atoms with van der Waals surface area (Å²) in [6.45, 7) is 3.99. The van der Waals surface area contributed by atoms with Crippen molar-refractivity contribution in [3.05, 3.63) is 34.9 Å². The van der Waals surface area contributed by atoms with Gasteiger partial charge in [0.2, 0.25) is 0 Å². The second kappa shape index (κ2) is 3.38. The second-order valence-electron chi connectivity index (χ2n) is 3.77. The summed E-state index contributed by atoms with van der Waals surface area (Å²) in [6.07, 6.45) is 0. The Morgan fingerprint density at radius 2 is 2.13 bits per heavy atom. The summed E-state index contributed by atoms with van der Waals surface area (Å²) in [5.41, 5.74) is 8.60. The van der Waals surface area contributed by atoms with Crippen LogP contribution in [0.15, 0.2) is 23.2 Å². The predicted octanol–water partition coefficient (Wildman–Crippen LogP) is 0.789. The van der Waals surface area contributed by atoms with Gasteiger partial charge in [0.05, 0.1) is 0 Å². The molecular weight excluding hydrogens is 190 g/mol. The van der Waals surface area contributed by atoms with Gasteiger partial charge in [0, 0.05) is 0 Å². The van der Waals surface area contributed by atoms with E-state index in [4.69, 9.17) is 5.73 Å². The lowest BCUT2D eigenvalue weighted by atomic mass is 9.99. The first-order valence-corrected chi connectivity index (χ1v) is 4.79. The lowest BCUT2D eigenvalue weighted by molar-refractivity contribution is -0.120. The third kappa shape index (κ3) is 1.70. The van der Waals surface area contributed by atoms with E-state index in [1.165, 1.54) is 5.56 Å². The van der Waals surface area contributed by atoms with Crippen molar-refractivity contribution in [3.8, 4) is 0 Å². The fourth-order valence-electron chi connectivity index (χ4n) is 1.77. The normalized spacial score (nSPS) is 20.0. The molecule has 2 rings (SSSR count). The molecule has 4 heteroatoms. The van der Waals surface area contributed by atoms with E-state index in [0.29, 0.717) is 0 Å². The maximum absolute atomic E-state index is 11.5. The molecule has 0 bridgehead atoms. The van der Waals surface area contributed by atoms with Gasteiger partial charge in [0.15, 0.2) is 12.0 Å². The van der Waals surface area contributed by atoms with Gasteiger partial charge >= 0.3 is 0 Å². The standard InChI is InChI=1S/C11H13N3O/c1-6-3-4-8(7(2)5-6)9-10(15)14-11(12)13-9/h3-5,9H,1-2H3,(H3,12,13,14,15). The Labute approximate surface area is 88.2 Å². The van der Waals surface area contributed by atoms with Gasteiger partial charge in [-0.25, -0.2) is 4.99 Å². The Morgan fingerprint density at radius 3 is 2.67 bits per heavy atom. The molecule has 0 saturated carbocycles. The number of guanidine groups is 1. The Balaban J connectivity index is 2.42. The largest absolute Gasteiger partial charge is 0.370 e. The van der Waals surface area contributed by atoms with Crippen LogP contribution in [0.2, 0.25) is 0 Å². The van der Waals surface area contributed by atoms with Crippen molar-refractivity contribution < 1.29 is 4.79 Å². The van der Waals surface area contributed by atoms with Gasteiger partial charge in [-0.1, -0.05) is 23.8 Å². The quantitative estimate of drug-likeness (QED) is 0.708. The van der Waals surface area contributed by atoms with Crippen LogP contribution in [0.4, 0.5) is 0 Å². The Bertz CT molecular complexity index is 451. The molecule has 3 N–H and O–H groups in total. The molecule has 1 heterocycles. The fourth-order valence-corrected chi connectivity index (χ4v) is 1.77. The molecular formula is C11H13N3O. The third-order valence-electron chi connectivity index (χ3n) is 2.49. The van der Waals surface area contributed by atoms with Crippen LogP contribution in [0.1, 0.15) is 22.7 Å². The Kier molecular flexibility index (Phi) is 2.19. The van der Waals surface area contributed by atoms with E-state index in [9.17, 15) is 4.79 Å². The average Bonchev–Trinajstić information content (AvgIpc) is 2.45. The van der Waals surface area contributed by atoms with Crippen LogP contribution >= 0.6 is 0 Å². The fraction of sp³-hybridized carbons (Fsp3) is 0.273. The molecule has 1 aliphatic rings. The minimum atomic E-state index is -0.481. The van der Waals surface area contributed by atoms with E-state index in [1.807, 2.05) is 32.0 Å². The molecule has 78 valence electrons. The van der Waals surface area contributed by atoms with Crippen molar-refractivity contribution in [2.45, 2.75) is 19.9 Å². The number of aryl methyl sites for hydroxylation is 2. The van der Waals surface area contributed by atoms with E-state index < -0.39 is 6.04 Å². The average molecular weight is 203 g/mol. The summed E-state index contributed by atoms with van der Waals surface area (Å²) in [7, 11) is 0. The lowest BCUT2D eigenvalue weighted by Gasteiger charge is -2.09. The predicted molar refractivity (Wildman–Crippen MR) is 58.4 cm³/mol. The molecule has 1 unspecified atom stereocenters. The van der Waals surface area contributed by atoms with E-state index in [2.05, 4.69) is 10.3 Å². The summed E-state index contributed by atoms with van der Waals surface area (Å²) < 4.78 is 0. The zero-order valence-corrected chi connectivity index (χ0v) is 8.74. The molecule has 0 radical (unpaired) electrons. The number of hydrogen-bond donors (Lipinski definition) is 2. The van der Waals surface area contributed by atoms with Crippen LogP contribution < -0.4 is 11.1 Å². The molecule has 0 spiro atoms. The number of carbonyl (C=O) groups is 1. The van der Waals surface area contributed by atoms with Crippen molar-refractivity contribution in [2.75, 3.05) is 0 Å². The van der Waals surface area contributed by atoms with Gasteiger partial charge in [-0.05, 0) is 25.0 Å². The first-order chi connectivity index (χ1) is 7.08. The smallest absolute Gasteiger partial charge is 0.256 e. The highest BCUT2D eigenvalue weighted by molar-refractivity contribution is 6.04. The SMILES string of the molecule is Cc1ccc(C2N=C(N)NC2=O)c(C)c1. The molecule has 15 heavy (non-hydrogen) atoms. The monoisotopic (exact) mass is 203 g/mol. The molecule has 1 aliphatic heterocycles. The number of nitrogens with two attached hydrogens (primary N) is 1. The minimum Gasteiger partial charge on any atom is -0.370 e. The number of benzene rings is 1. The molecule has 1 aromatic rings. The van der Waals surface area contributed by atoms with Crippen LogP contribution in [-0.2, 0) is 4.79 Å². The molecule has 1 amide bonds. The van der Waals surface area contributed by atoms with Gasteiger partial charge in [-0.15, -0.1) is 0 Å². The molecule has 1 atom stereocenters. The van der Waals surface area contributed by atoms with Gasteiger partial charge < -0.3 is 5.73 Å². The Hall–Kier alpha value is -1.84. The van der Waals surface area contributed by atoms with Crippen molar-refractivity contribution in [1.29, 1.82) is 0 Å². The van der Waals surface area contributed by atoms with Crippen molar-refractivity contribution in [3.63, 3.8) is 0 Å². The number of nitrogens with zero attached hydrogens (tertiary/aromatic N) is 1. The second-order valence-corrected chi connectivity index (χ2v) is 3.77. The Morgan fingerprint density at radius 1 is 1.40 bits per heavy atom. The van der Waals surface area contributed by atoms with Gasteiger partial charge in [0.25, 0.3) is 5.91 Å². The summed E-state index contributed by atoms with van der Waals surface area (Å²) in [5.74, 6) is 0.0458. The van der Waals surface area contributed by atoms with Gasteiger partial charge in [0.1, 0.15) is 0 Å². The van der Waals surface area contributed by atoms with Crippen LogP contribution in [0.25, 0.3) is 0 Å². The summed E-state index contributed by atoms with van der Waals surface area (Å²) in [6, 6.07) is 5.45. The maximum atomic E-state index is 11.5. The number of carbonyl (C=O) groups excluding carboxylic acids is 1.